The number of amides is 1. The summed E-state index contributed by atoms with van der Waals surface area (Å²) in [6.45, 7) is 0.0528. The number of aliphatic hydroxyl groups is 1. The highest BCUT2D eigenvalue weighted by atomic mass is 16.3. The lowest BCUT2D eigenvalue weighted by molar-refractivity contribution is -0.120. The van der Waals surface area contributed by atoms with E-state index in [0.29, 0.717) is 12.8 Å². The van der Waals surface area contributed by atoms with Crippen LogP contribution in [-0.2, 0) is 9.59 Å². The molecule has 1 amide bonds. The Labute approximate surface area is 153 Å². The van der Waals surface area contributed by atoms with E-state index in [4.69, 9.17) is 5.11 Å². The van der Waals surface area contributed by atoms with Crippen molar-refractivity contribution >= 4 is 23.8 Å². The lowest BCUT2D eigenvalue weighted by atomic mass is 10.1. The van der Waals surface area contributed by atoms with Gasteiger partial charge in [-0.1, -0.05) is 60.7 Å². The average molecular weight is 349 g/mol. The molecule has 0 saturated heterocycles. The Hall–Kier alpha value is -2.98. The Morgan fingerprint density at radius 1 is 0.885 bits per heavy atom. The predicted octanol–water partition coefficient (Wildman–Crippen LogP) is 3.59. The minimum atomic E-state index is -0.355. The molecular weight excluding hydrogens is 326 g/mol. The number of carbonyl (C=O) groups is 2. The van der Waals surface area contributed by atoms with E-state index in [1.165, 1.54) is 6.08 Å². The van der Waals surface area contributed by atoms with Crippen LogP contribution in [0.3, 0.4) is 0 Å². The van der Waals surface area contributed by atoms with Crippen molar-refractivity contribution in [3.63, 3.8) is 0 Å². The van der Waals surface area contributed by atoms with Crippen molar-refractivity contribution in [1.29, 1.82) is 0 Å². The molecule has 0 bridgehead atoms. The fourth-order valence-electron chi connectivity index (χ4n) is 2.34. The minimum Gasteiger partial charge on any atom is -0.396 e. The lowest BCUT2D eigenvalue weighted by Crippen LogP contribution is -2.25. The number of aliphatic hydroxyl groups excluding tert-OH is 1. The summed E-state index contributed by atoms with van der Waals surface area (Å²) in [6.07, 6.45) is 6.21. The molecule has 4 nitrogen and oxygen atoms in total. The van der Waals surface area contributed by atoms with Crippen LogP contribution in [0.1, 0.15) is 30.4 Å². The molecule has 134 valence electrons. The van der Waals surface area contributed by atoms with E-state index in [1.54, 1.807) is 12.2 Å². The molecule has 0 radical (unpaired) electrons. The number of rotatable bonds is 9. The molecule has 4 heteroatoms. The van der Waals surface area contributed by atoms with Gasteiger partial charge in [0, 0.05) is 19.1 Å². The number of hydrogen-bond acceptors (Lipinski definition) is 3. The van der Waals surface area contributed by atoms with Gasteiger partial charge < -0.3 is 10.4 Å². The van der Waals surface area contributed by atoms with Gasteiger partial charge in [-0.15, -0.1) is 0 Å². The Kier molecular flexibility index (Phi) is 8.03. The SMILES string of the molecule is O=C(/C=C/c1ccccc1)N/C(=C\c1ccccc1)C(=O)CCCCO. The van der Waals surface area contributed by atoms with Gasteiger partial charge in [0.2, 0.25) is 5.91 Å². The largest absolute Gasteiger partial charge is 0.396 e. The molecule has 0 heterocycles. The molecule has 2 N–H and O–H groups in total. The normalized spacial score (nSPS) is 11.5. The maximum Gasteiger partial charge on any atom is 0.248 e. The van der Waals surface area contributed by atoms with Gasteiger partial charge in [-0.25, -0.2) is 0 Å². The Balaban J connectivity index is 2.10. The first-order valence-corrected chi connectivity index (χ1v) is 8.64. The first kappa shape index (κ1) is 19.3. The highest BCUT2D eigenvalue weighted by molar-refractivity contribution is 6.05. The fraction of sp³-hybridized carbons (Fsp3) is 0.182. The summed E-state index contributed by atoms with van der Waals surface area (Å²) in [4.78, 5) is 24.7. The van der Waals surface area contributed by atoms with Crippen molar-refractivity contribution in [1.82, 2.24) is 5.32 Å². The second-order valence-electron chi connectivity index (χ2n) is 5.81. The third-order valence-corrected chi connectivity index (χ3v) is 3.71. The summed E-state index contributed by atoms with van der Waals surface area (Å²) in [6, 6.07) is 18.8. The lowest BCUT2D eigenvalue weighted by Gasteiger charge is -2.08. The highest BCUT2D eigenvalue weighted by Crippen LogP contribution is 2.10. The summed E-state index contributed by atoms with van der Waals surface area (Å²) in [5.41, 5.74) is 2.01. The van der Waals surface area contributed by atoms with Gasteiger partial charge in [0.25, 0.3) is 0 Å². The minimum absolute atomic E-state index is 0.0528. The summed E-state index contributed by atoms with van der Waals surface area (Å²) in [5.74, 6) is -0.504. The molecule has 0 aromatic heterocycles. The third-order valence-electron chi connectivity index (χ3n) is 3.71. The molecule has 26 heavy (non-hydrogen) atoms. The topological polar surface area (TPSA) is 66.4 Å². The van der Waals surface area contributed by atoms with E-state index in [-0.39, 0.29) is 30.4 Å². The average Bonchev–Trinajstić information content (AvgIpc) is 2.67. The van der Waals surface area contributed by atoms with Crippen LogP contribution >= 0.6 is 0 Å². The van der Waals surface area contributed by atoms with E-state index in [0.717, 1.165) is 11.1 Å². The Bertz CT molecular complexity index is 764. The standard InChI is InChI=1S/C22H23NO3/c24-16-8-7-13-21(25)20(17-19-11-5-2-6-12-19)23-22(26)15-14-18-9-3-1-4-10-18/h1-6,9-12,14-15,17,24H,7-8,13,16H2,(H,23,26)/b15-14+,20-17-. The first-order chi connectivity index (χ1) is 12.7. The molecule has 0 unspecified atom stereocenters. The molecule has 0 fully saturated rings. The zero-order chi connectivity index (χ0) is 18.6. The number of ketones is 1. The molecule has 0 aliphatic rings. The molecule has 0 aliphatic carbocycles. The monoisotopic (exact) mass is 349 g/mol. The van der Waals surface area contributed by atoms with E-state index in [2.05, 4.69) is 5.32 Å². The number of Topliss-reactive ketones (excluding diaryl/α,β-unsaturated/α-hetero) is 1. The number of benzene rings is 2. The van der Waals surface area contributed by atoms with Gasteiger partial charge in [-0.2, -0.15) is 0 Å². The van der Waals surface area contributed by atoms with Crippen molar-refractivity contribution in [3.05, 3.63) is 83.6 Å². The van der Waals surface area contributed by atoms with Crippen LogP contribution in [-0.4, -0.2) is 23.4 Å². The maximum atomic E-state index is 12.4. The summed E-state index contributed by atoms with van der Waals surface area (Å²) >= 11 is 0. The second-order valence-corrected chi connectivity index (χ2v) is 5.81. The molecular formula is C22H23NO3. The number of carbonyl (C=O) groups excluding carboxylic acids is 2. The third kappa shape index (κ3) is 6.87. The van der Waals surface area contributed by atoms with Gasteiger partial charge in [0.15, 0.2) is 5.78 Å². The highest BCUT2D eigenvalue weighted by Gasteiger charge is 2.11. The maximum absolute atomic E-state index is 12.4. The predicted molar refractivity (Wildman–Crippen MR) is 104 cm³/mol. The van der Waals surface area contributed by atoms with Crippen molar-refractivity contribution in [2.45, 2.75) is 19.3 Å². The molecule has 0 spiro atoms. The second kappa shape index (κ2) is 10.8. The Morgan fingerprint density at radius 2 is 1.50 bits per heavy atom. The van der Waals surface area contributed by atoms with Crippen molar-refractivity contribution in [2.24, 2.45) is 0 Å². The summed E-state index contributed by atoms with van der Waals surface area (Å²) < 4.78 is 0. The van der Waals surface area contributed by atoms with Gasteiger partial charge in [-0.05, 0) is 36.1 Å². The van der Waals surface area contributed by atoms with Crippen LogP contribution in [0, 0.1) is 0 Å². The van der Waals surface area contributed by atoms with Gasteiger partial charge in [0.1, 0.15) is 0 Å². The zero-order valence-electron chi connectivity index (χ0n) is 14.6. The molecule has 0 atom stereocenters. The molecule has 2 aromatic carbocycles. The van der Waals surface area contributed by atoms with Crippen molar-refractivity contribution < 1.29 is 14.7 Å². The van der Waals surface area contributed by atoms with Crippen LogP contribution in [0.5, 0.6) is 0 Å². The smallest absolute Gasteiger partial charge is 0.248 e. The number of allylic oxidation sites excluding steroid dienone is 1. The van der Waals surface area contributed by atoms with E-state index >= 15 is 0 Å². The van der Waals surface area contributed by atoms with Crippen molar-refractivity contribution in [3.8, 4) is 0 Å². The molecule has 2 aromatic rings. The Morgan fingerprint density at radius 3 is 2.12 bits per heavy atom. The van der Waals surface area contributed by atoms with Crippen LogP contribution < -0.4 is 5.32 Å². The van der Waals surface area contributed by atoms with Gasteiger partial charge >= 0.3 is 0 Å². The zero-order valence-corrected chi connectivity index (χ0v) is 14.6. The first-order valence-electron chi connectivity index (χ1n) is 8.64. The summed E-state index contributed by atoms with van der Waals surface area (Å²) in [5, 5.41) is 11.6. The fourth-order valence-corrected chi connectivity index (χ4v) is 2.34. The number of unbranched alkanes of at least 4 members (excludes halogenated alkanes) is 1. The molecule has 2 rings (SSSR count). The van der Waals surface area contributed by atoms with Crippen LogP contribution in [0.4, 0.5) is 0 Å². The van der Waals surface area contributed by atoms with E-state index in [9.17, 15) is 9.59 Å². The number of nitrogens with one attached hydrogen (secondary N) is 1. The van der Waals surface area contributed by atoms with Crippen LogP contribution in [0.15, 0.2) is 72.4 Å². The quantitative estimate of drug-likeness (QED) is 0.537. The van der Waals surface area contributed by atoms with E-state index < -0.39 is 0 Å². The van der Waals surface area contributed by atoms with Gasteiger partial charge in [-0.3, -0.25) is 9.59 Å². The molecule has 0 saturated carbocycles. The van der Waals surface area contributed by atoms with Gasteiger partial charge in [0.05, 0.1) is 5.70 Å². The van der Waals surface area contributed by atoms with Crippen LogP contribution in [0.2, 0.25) is 0 Å². The van der Waals surface area contributed by atoms with Crippen molar-refractivity contribution in [2.75, 3.05) is 6.61 Å². The van der Waals surface area contributed by atoms with Crippen LogP contribution in [0.25, 0.3) is 12.2 Å². The molecule has 0 aliphatic heterocycles. The summed E-state index contributed by atoms with van der Waals surface area (Å²) in [7, 11) is 0. The number of hydrogen-bond donors (Lipinski definition) is 2. The van der Waals surface area contributed by atoms with E-state index in [1.807, 2.05) is 60.7 Å².